The number of allylic oxidation sites excluding steroid dienone is 2. The summed E-state index contributed by atoms with van der Waals surface area (Å²) in [6, 6.07) is 170. The normalized spacial score (nSPS) is 13.5. The van der Waals surface area contributed by atoms with E-state index in [1.165, 1.54) is 132 Å². The van der Waals surface area contributed by atoms with E-state index in [1.807, 2.05) is 91.0 Å². The van der Waals surface area contributed by atoms with Gasteiger partial charge in [-0.05, 0) is 203 Å². The molecule has 5 heterocycles. The van der Waals surface area contributed by atoms with Crippen molar-refractivity contribution in [2.24, 2.45) is 0 Å². The first-order valence-electron chi connectivity index (χ1n) is 49.7. The number of fused-ring (bicyclic) bond motifs is 13. The van der Waals surface area contributed by atoms with Gasteiger partial charge in [0.05, 0.1) is 39.9 Å². The highest BCUT2D eigenvalue weighted by molar-refractivity contribution is 6.15. The summed E-state index contributed by atoms with van der Waals surface area (Å²) >= 11 is 0. The molecule has 0 bridgehead atoms. The fourth-order valence-electron chi connectivity index (χ4n) is 21.8. The molecule has 24 aromatic rings. The summed E-state index contributed by atoms with van der Waals surface area (Å²) in [7, 11) is 0. The third-order valence-corrected chi connectivity index (χ3v) is 28.9. The predicted molar refractivity (Wildman–Crippen MR) is 602 cm³/mol. The number of rotatable bonds is 15. The lowest BCUT2D eigenvalue weighted by molar-refractivity contribution is 0.661. The molecule has 686 valence electrons. The van der Waals surface area contributed by atoms with Gasteiger partial charge >= 0.3 is 0 Å². The summed E-state index contributed by atoms with van der Waals surface area (Å²) in [4.78, 5) is 38.3. The zero-order valence-corrected chi connectivity index (χ0v) is 80.6. The monoisotopic (exact) mass is 1860 g/mol. The van der Waals surface area contributed by atoms with Gasteiger partial charge in [-0.25, -0.2) is 34.9 Å². The maximum absolute atomic E-state index is 5.34. The first-order chi connectivity index (χ1) is 71.4. The van der Waals surface area contributed by atoms with Gasteiger partial charge in [0, 0.05) is 89.2 Å². The SMILES string of the molecule is C1=CC2c3ccccc3N(c3cc(-c4cc(-c5ccc(-c6ccccc6)cc5)nc(-c5ccccc5)n4)cc(-n4c5ccccc5c5ccccc54)c3)C2C=C1.CC1(C)c2ccccc2-c2c1cc1ccccc1c2-c1ccc(-c2nc(-c3ccccc3)cc(-c3ccccc3)n2)cc1.Cc1ccc(-c2cc(-c3nc(-c4ccccc4)nc(-c4ccccc4)n3)cc(-c3cc4ccccc4c4ccccc34)c2)c(C)c1. The Morgan fingerprint density at radius 3 is 1.23 bits per heavy atom. The first-order valence-corrected chi connectivity index (χ1v) is 49.7. The molecule has 0 amide bonds. The molecule has 20 aromatic carbocycles. The van der Waals surface area contributed by atoms with Crippen molar-refractivity contribution in [1.29, 1.82) is 0 Å². The number of benzene rings is 20. The van der Waals surface area contributed by atoms with Gasteiger partial charge in [-0.15, -0.1) is 0 Å². The van der Waals surface area contributed by atoms with Crippen LogP contribution in [0.15, 0.2) is 504 Å². The Morgan fingerprint density at radius 2 is 0.641 bits per heavy atom. The average Bonchev–Trinajstić information content (AvgIpc) is 1.56. The van der Waals surface area contributed by atoms with Gasteiger partial charge in [-0.2, -0.15) is 0 Å². The molecule has 2 unspecified atom stereocenters. The van der Waals surface area contributed by atoms with E-state index >= 15 is 0 Å². The highest BCUT2D eigenvalue weighted by Crippen LogP contribution is 2.56. The molecule has 0 spiro atoms. The second-order valence-corrected chi connectivity index (χ2v) is 38.3. The van der Waals surface area contributed by atoms with Gasteiger partial charge in [0.1, 0.15) is 0 Å². The van der Waals surface area contributed by atoms with E-state index in [-0.39, 0.29) is 17.4 Å². The number of nitrogens with zero attached hydrogens (tertiary/aromatic N) is 9. The van der Waals surface area contributed by atoms with E-state index < -0.39 is 0 Å². The Labute approximate surface area is 843 Å². The molecular formula is C136H97N9. The summed E-state index contributed by atoms with van der Waals surface area (Å²) in [6.45, 7) is 9.02. The largest absolute Gasteiger partial charge is 0.333 e. The first kappa shape index (κ1) is 87.9. The Morgan fingerprint density at radius 1 is 0.234 bits per heavy atom. The highest BCUT2D eigenvalue weighted by Gasteiger charge is 2.40. The minimum Gasteiger partial charge on any atom is -0.333 e. The van der Waals surface area contributed by atoms with Gasteiger partial charge in [-0.3, -0.25) is 0 Å². The molecule has 0 radical (unpaired) electrons. The second-order valence-electron chi connectivity index (χ2n) is 38.3. The van der Waals surface area contributed by atoms with Crippen LogP contribution in [0.5, 0.6) is 0 Å². The lowest BCUT2D eigenvalue weighted by Gasteiger charge is -2.29. The van der Waals surface area contributed by atoms with Gasteiger partial charge in [0.15, 0.2) is 29.1 Å². The number of para-hydroxylation sites is 3. The molecule has 2 aliphatic carbocycles. The number of hydrogen-bond acceptors (Lipinski definition) is 8. The summed E-state index contributed by atoms with van der Waals surface area (Å²) in [5.74, 6) is 3.64. The molecule has 4 aromatic heterocycles. The van der Waals surface area contributed by atoms with Crippen molar-refractivity contribution in [2.75, 3.05) is 4.90 Å². The van der Waals surface area contributed by atoms with Crippen LogP contribution >= 0.6 is 0 Å². The van der Waals surface area contributed by atoms with Crippen molar-refractivity contribution in [3.05, 3.63) is 531 Å². The van der Waals surface area contributed by atoms with Crippen LogP contribution < -0.4 is 4.90 Å². The molecule has 9 nitrogen and oxygen atoms in total. The van der Waals surface area contributed by atoms with Crippen molar-refractivity contribution in [3.8, 4) is 163 Å². The molecule has 145 heavy (non-hydrogen) atoms. The molecule has 0 saturated carbocycles. The average molecular weight is 1860 g/mol. The molecule has 1 aliphatic heterocycles. The van der Waals surface area contributed by atoms with Gasteiger partial charge in [-0.1, -0.05) is 444 Å². The van der Waals surface area contributed by atoms with Crippen LogP contribution in [0.25, 0.3) is 217 Å². The predicted octanol–water partition coefficient (Wildman–Crippen LogP) is 34.7. The van der Waals surface area contributed by atoms with Gasteiger partial charge in [0.2, 0.25) is 0 Å². The number of aryl methyl sites for hydroxylation is 2. The molecular weight excluding hydrogens is 1760 g/mol. The molecule has 3 aliphatic rings. The van der Waals surface area contributed by atoms with E-state index in [9.17, 15) is 0 Å². The third-order valence-electron chi connectivity index (χ3n) is 28.9. The van der Waals surface area contributed by atoms with E-state index in [4.69, 9.17) is 34.9 Å². The van der Waals surface area contributed by atoms with Crippen LogP contribution in [0.2, 0.25) is 0 Å². The fraction of sp³-hybridized carbons (Fsp3) is 0.0515. The Kier molecular flexibility index (Phi) is 22.8. The summed E-state index contributed by atoms with van der Waals surface area (Å²) < 4.78 is 2.41. The Bertz CT molecular complexity index is 8990. The molecule has 9 heteroatoms. The van der Waals surface area contributed by atoms with Crippen molar-refractivity contribution < 1.29 is 0 Å². The summed E-state index contributed by atoms with van der Waals surface area (Å²) in [5.41, 5.74) is 37.1. The zero-order valence-electron chi connectivity index (χ0n) is 80.6. The van der Waals surface area contributed by atoms with Crippen LogP contribution in [-0.4, -0.2) is 45.5 Å². The van der Waals surface area contributed by atoms with Crippen molar-refractivity contribution in [3.63, 3.8) is 0 Å². The van der Waals surface area contributed by atoms with Gasteiger partial charge < -0.3 is 9.47 Å². The molecule has 0 N–H and O–H groups in total. The standard InChI is InChI=1S/C52H36N4.C43H31N3.C41H30N2/c1-3-15-35(16-4-1)36-27-29-37(30-28-36)46-34-47(54-52(53-46)38-17-5-2-6-18-38)39-31-40(55-48-23-11-7-19-42(48)43-20-8-12-24-49(43)55)33-41(32-39)56-50-25-13-9-21-44(50)45-22-10-14-26-51(45)56;1-28-21-22-36(29(2)23-28)33-24-34(40-27-32-17-9-10-18-37(32)38-19-11-12-20-39(38)40)26-35(25-33)43-45-41(30-13-5-3-6-14-30)44-42(46-43)31-15-7-4-8-16-31;1-41(2)34-20-12-11-19-33(34)39-35(41)25-31-17-9-10-18-32(31)38(39)29-21-23-30(24-22-29)40-42-36(27-13-5-3-6-14-27)26-37(43-40)28-15-7-4-8-16-28/h1-34,42,48H;3-27H,1-2H3;3-26H,1-2H3. The van der Waals surface area contributed by atoms with Crippen LogP contribution in [0.1, 0.15) is 47.6 Å². The Hall–Kier alpha value is -18.6. The van der Waals surface area contributed by atoms with Crippen molar-refractivity contribution >= 4 is 65.5 Å². The Balaban J connectivity index is 0.000000115. The smallest absolute Gasteiger partial charge is 0.164 e. The third kappa shape index (κ3) is 16.7. The van der Waals surface area contributed by atoms with Crippen molar-refractivity contribution in [2.45, 2.75) is 45.1 Å². The van der Waals surface area contributed by atoms with Crippen LogP contribution in [0, 0.1) is 13.8 Å². The lowest BCUT2D eigenvalue weighted by atomic mass is 9.80. The zero-order chi connectivity index (χ0) is 97.0. The maximum Gasteiger partial charge on any atom is 0.164 e. The van der Waals surface area contributed by atoms with E-state index in [2.05, 4.69) is 450 Å². The molecule has 27 rings (SSSR count). The maximum atomic E-state index is 5.34. The van der Waals surface area contributed by atoms with Crippen LogP contribution in [0.4, 0.5) is 11.4 Å². The van der Waals surface area contributed by atoms with Crippen LogP contribution in [0.3, 0.4) is 0 Å². The number of aromatic nitrogens is 8. The minimum absolute atomic E-state index is 0.0653. The van der Waals surface area contributed by atoms with Crippen LogP contribution in [-0.2, 0) is 5.41 Å². The van der Waals surface area contributed by atoms with E-state index in [1.54, 1.807) is 0 Å². The summed E-state index contributed by atoms with van der Waals surface area (Å²) in [6.07, 6.45) is 9.05. The fourth-order valence-corrected chi connectivity index (χ4v) is 21.8. The number of anilines is 2. The lowest BCUT2D eigenvalue weighted by Crippen LogP contribution is -2.28. The minimum atomic E-state index is -0.0653. The second kappa shape index (κ2) is 37.5. The molecule has 2 atom stereocenters. The molecule has 0 saturated heterocycles. The number of hydrogen-bond donors (Lipinski definition) is 0. The van der Waals surface area contributed by atoms with E-state index in [0.717, 1.165) is 101 Å². The molecule has 0 fully saturated rings. The van der Waals surface area contributed by atoms with E-state index in [0.29, 0.717) is 23.3 Å². The van der Waals surface area contributed by atoms with Gasteiger partial charge in [0.25, 0.3) is 0 Å². The van der Waals surface area contributed by atoms with Crippen molar-refractivity contribution in [1.82, 2.24) is 39.5 Å². The highest BCUT2D eigenvalue weighted by atomic mass is 15.2. The summed E-state index contributed by atoms with van der Waals surface area (Å²) in [5, 5.41) is 9.94. The quantitative estimate of drug-likeness (QED) is 0.0936. The topological polar surface area (TPSA) is 98.4 Å².